The van der Waals surface area contributed by atoms with Crippen LogP contribution in [0.2, 0.25) is 5.02 Å². The van der Waals surface area contributed by atoms with E-state index in [1.165, 1.54) is 29.7 Å². The molecule has 2 aromatic heterocycles. The van der Waals surface area contributed by atoms with Crippen LogP contribution in [0.25, 0.3) is 22.7 Å². The Bertz CT molecular complexity index is 1300. The van der Waals surface area contributed by atoms with Crippen LogP contribution in [0.15, 0.2) is 47.0 Å². The minimum atomic E-state index is -2.89. The van der Waals surface area contributed by atoms with E-state index in [1.54, 1.807) is 6.20 Å². The second-order valence-electron chi connectivity index (χ2n) is 8.14. The van der Waals surface area contributed by atoms with Crippen LogP contribution in [-0.4, -0.2) is 43.2 Å². The van der Waals surface area contributed by atoms with Gasteiger partial charge >= 0.3 is 6.43 Å². The smallest absolute Gasteiger partial charge is 0.314 e. The highest BCUT2D eigenvalue weighted by Crippen LogP contribution is 2.27. The standard InChI is InChI=1S/C23H20ClF3N6O/c24-18-9-14(3-5-16(18)11-32-7-1-2-8-32)20-13-33(31-28-20)12-17-6-4-15(10-19(17)25)22-29-30-23(34-22)21(26)27/h3-6,9-10,13,21H,1-2,7-8,11-12H2. The summed E-state index contributed by atoms with van der Waals surface area (Å²) in [6.45, 7) is 3.14. The van der Waals surface area contributed by atoms with Crippen molar-refractivity contribution in [1.29, 1.82) is 0 Å². The van der Waals surface area contributed by atoms with Crippen molar-refractivity contribution in [1.82, 2.24) is 30.1 Å². The Hall–Kier alpha value is -3.24. The molecule has 4 aromatic rings. The van der Waals surface area contributed by atoms with E-state index < -0.39 is 18.1 Å². The van der Waals surface area contributed by atoms with Crippen LogP contribution >= 0.6 is 11.6 Å². The fourth-order valence-corrected chi connectivity index (χ4v) is 4.19. The summed E-state index contributed by atoms with van der Waals surface area (Å²) in [5.41, 5.74) is 3.07. The number of halogens is 4. The van der Waals surface area contributed by atoms with Crippen molar-refractivity contribution in [3.8, 4) is 22.7 Å². The van der Waals surface area contributed by atoms with Crippen molar-refractivity contribution in [2.45, 2.75) is 32.4 Å². The molecule has 1 saturated heterocycles. The third kappa shape index (κ3) is 4.83. The van der Waals surface area contributed by atoms with E-state index in [0.29, 0.717) is 16.3 Å². The van der Waals surface area contributed by atoms with Crippen molar-refractivity contribution in [3.63, 3.8) is 0 Å². The van der Waals surface area contributed by atoms with Crippen molar-refractivity contribution in [2.24, 2.45) is 0 Å². The molecule has 0 bridgehead atoms. The van der Waals surface area contributed by atoms with Crippen LogP contribution < -0.4 is 0 Å². The average Bonchev–Trinajstić information content (AvgIpc) is 3.58. The summed E-state index contributed by atoms with van der Waals surface area (Å²) in [6, 6.07) is 10.0. The molecule has 1 fully saturated rings. The largest absolute Gasteiger partial charge is 0.415 e. The summed E-state index contributed by atoms with van der Waals surface area (Å²) in [5.74, 6) is -1.53. The molecule has 5 rings (SSSR count). The number of likely N-dealkylation sites (tertiary alicyclic amines) is 1. The van der Waals surface area contributed by atoms with Crippen molar-refractivity contribution < 1.29 is 17.6 Å². The van der Waals surface area contributed by atoms with Crippen LogP contribution in [-0.2, 0) is 13.1 Å². The Morgan fingerprint density at radius 2 is 1.71 bits per heavy atom. The van der Waals surface area contributed by atoms with Gasteiger partial charge in [0.1, 0.15) is 11.5 Å². The maximum Gasteiger partial charge on any atom is 0.314 e. The molecule has 0 N–H and O–H groups in total. The number of rotatable bonds is 7. The predicted octanol–water partition coefficient (Wildman–Crippen LogP) is 5.37. The molecule has 34 heavy (non-hydrogen) atoms. The fraction of sp³-hybridized carbons (Fsp3) is 0.304. The molecule has 2 aromatic carbocycles. The number of benzene rings is 2. The van der Waals surface area contributed by atoms with Crippen LogP contribution in [0, 0.1) is 5.82 Å². The van der Waals surface area contributed by atoms with Gasteiger partial charge in [-0.1, -0.05) is 35.0 Å². The second kappa shape index (κ2) is 9.55. The maximum absolute atomic E-state index is 14.7. The summed E-state index contributed by atoms with van der Waals surface area (Å²) in [5, 5.41) is 15.8. The number of nitrogens with zero attached hydrogens (tertiary/aromatic N) is 6. The zero-order chi connectivity index (χ0) is 23.7. The quantitative estimate of drug-likeness (QED) is 0.348. The Labute approximate surface area is 198 Å². The number of aromatic nitrogens is 5. The van der Waals surface area contributed by atoms with Crippen molar-refractivity contribution in [2.75, 3.05) is 13.1 Å². The first-order chi connectivity index (χ1) is 16.5. The fourth-order valence-electron chi connectivity index (χ4n) is 3.95. The lowest BCUT2D eigenvalue weighted by molar-refractivity contribution is 0.116. The van der Waals surface area contributed by atoms with Crippen molar-refractivity contribution >= 4 is 11.6 Å². The van der Waals surface area contributed by atoms with Gasteiger partial charge in [0, 0.05) is 28.3 Å². The van der Waals surface area contributed by atoms with Gasteiger partial charge < -0.3 is 4.42 Å². The van der Waals surface area contributed by atoms with Crippen LogP contribution in [0.3, 0.4) is 0 Å². The van der Waals surface area contributed by atoms with Gasteiger partial charge in [0.15, 0.2) is 0 Å². The summed E-state index contributed by atoms with van der Waals surface area (Å²) < 4.78 is 46.3. The molecular weight excluding hydrogens is 469 g/mol. The van der Waals surface area contributed by atoms with Gasteiger partial charge in [-0.2, -0.15) is 8.78 Å². The van der Waals surface area contributed by atoms with Gasteiger partial charge in [-0.3, -0.25) is 4.90 Å². The molecule has 0 amide bonds. The third-order valence-electron chi connectivity index (χ3n) is 5.74. The first kappa shape index (κ1) is 22.5. The molecule has 0 unspecified atom stereocenters. The molecule has 1 aliphatic heterocycles. The maximum atomic E-state index is 14.7. The average molecular weight is 489 g/mol. The lowest BCUT2D eigenvalue weighted by Gasteiger charge is -2.15. The van der Waals surface area contributed by atoms with Gasteiger partial charge in [0.05, 0.1) is 12.7 Å². The Morgan fingerprint density at radius 3 is 2.41 bits per heavy atom. The minimum absolute atomic E-state index is 0.131. The molecular formula is C23H20ClF3N6O. The monoisotopic (exact) mass is 488 g/mol. The van der Waals surface area contributed by atoms with Gasteiger partial charge in [0.2, 0.25) is 5.89 Å². The highest BCUT2D eigenvalue weighted by molar-refractivity contribution is 6.31. The lowest BCUT2D eigenvalue weighted by atomic mass is 10.1. The number of hydrogen-bond acceptors (Lipinski definition) is 6. The van der Waals surface area contributed by atoms with E-state index in [-0.39, 0.29) is 18.0 Å². The topological polar surface area (TPSA) is 72.9 Å². The zero-order valence-corrected chi connectivity index (χ0v) is 18.7. The van der Waals surface area contributed by atoms with Crippen LogP contribution in [0.5, 0.6) is 0 Å². The Kier molecular flexibility index (Phi) is 6.34. The predicted molar refractivity (Wildman–Crippen MR) is 119 cm³/mol. The van der Waals surface area contributed by atoms with Gasteiger partial charge in [-0.15, -0.1) is 15.3 Å². The Balaban J connectivity index is 1.29. The van der Waals surface area contributed by atoms with E-state index in [4.69, 9.17) is 16.0 Å². The highest BCUT2D eigenvalue weighted by atomic mass is 35.5. The number of alkyl halides is 2. The molecule has 3 heterocycles. The molecule has 0 atom stereocenters. The van der Waals surface area contributed by atoms with E-state index >= 15 is 0 Å². The molecule has 1 aliphatic rings. The summed E-state index contributed by atoms with van der Waals surface area (Å²) in [7, 11) is 0. The van der Waals surface area contributed by atoms with E-state index in [2.05, 4.69) is 25.4 Å². The third-order valence-corrected chi connectivity index (χ3v) is 6.09. The Morgan fingerprint density at radius 1 is 0.941 bits per heavy atom. The molecule has 11 heteroatoms. The summed E-state index contributed by atoms with van der Waals surface area (Å²) in [6.07, 6.45) is 1.27. The first-order valence-corrected chi connectivity index (χ1v) is 11.2. The van der Waals surface area contributed by atoms with E-state index in [1.807, 2.05) is 18.2 Å². The van der Waals surface area contributed by atoms with Crippen molar-refractivity contribution in [3.05, 3.63) is 70.5 Å². The normalized spacial score (nSPS) is 14.4. The zero-order valence-electron chi connectivity index (χ0n) is 18.0. The molecule has 0 spiro atoms. The molecule has 176 valence electrons. The first-order valence-electron chi connectivity index (χ1n) is 10.8. The van der Waals surface area contributed by atoms with Gasteiger partial charge in [-0.25, -0.2) is 9.07 Å². The van der Waals surface area contributed by atoms with Gasteiger partial charge in [-0.05, 0) is 49.7 Å². The summed E-state index contributed by atoms with van der Waals surface area (Å²) in [4.78, 5) is 2.38. The number of hydrogen-bond donors (Lipinski definition) is 0. The van der Waals surface area contributed by atoms with E-state index in [0.717, 1.165) is 36.8 Å². The molecule has 0 radical (unpaired) electrons. The molecule has 0 saturated carbocycles. The van der Waals surface area contributed by atoms with Crippen LogP contribution in [0.1, 0.15) is 36.3 Å². The van der Waals surface area contributed by atoms with Gasteiger partial charge in [0.25, 0.3) is 5.89 Å². The molecule has 0 aliphatic carbocycles. The van der Waals surface area contributed by atoms with Crippen LogP contribution in [0.4, 0.5) is 13.2 Å². The highest BCUT2D eigenvalue weighted by Gasteiger charge is 2.18. The van der Waals surface area contributed by atoms with E-state index in [9.17, 15) is 13.2 Å². The minimum Gasteiger partial charge on any atom is -0.415 e. The lowest BCUT2D eigenvalue weighted by Crippen LogP contribution is -2.18. The SMILES string of the molecule is Fc1cc(-c2nnc(C(F)F)o2)ccc1Cn1cc(-c2ccc(CN3CCCC3)c(Cl)c2)nn1. The second-order valence-corrected chi connectivity index (χ2v) is 8.55. The summed E-state index contributed by atoms with van der Waals surface area (Å²) >= 11 is 6.51. The molecule has 7 nitrogen and oxygen atoms in total.